The van der Waals surface area contributed by atoms with E-state index in [1.807, 2.05) is 18.4 Å². The number of thiazole rings is 2. The molecule has 0 fully saturated rings. The summed E-state index contributed by atoms with van der Waals surface area (Å²) in [4.78, 5) is 22.6. The van der Waals surface area contributed by atoms with Gasteiger partial charge >= 0.3 is 0 Å². The lowest BCUT2D eigenvalue weighted by Gasteiger charge is -2.04. The summed E-state index contributed by atoms with van der Waals surface area (Å²) in [5.41, 5.74) is 3.01. The molecule has 0 saturated carbocycles. The normalized spacial score (nSPS) is 12.2. The van der Waals surface area contributed by atoms with E-state index in [1.165, 1.54) is 28.2 Å². The van der Waals surface area contributed by atoms with Crippen LogP contribution in [0, 0.1) is 20.8 Å². The minimum Gasteiger partial charge on any atom is -0.383 e. The van der Waals surface area contributed by atoms with Gasteiger partial charge in [-0.05, 0) is 38.5 Å². The van der Waals surface area contributed by atoms with Crippen LogP contribution < -0.4 is 4.80 Å². The Morgan fingerprint density at radius 2 is 2.08 bits per heavy atom. The summed E-state index contributed by atoms with van der Waals surface area (Å²) in [6, 6.07) is 6.26. The first-order chi connectivity index (χ1) is 11.5. The lowest BCUT2D eigenvalue weighted by atomic mass is 10.2. The van der Waals surface area contributed by atoms with Gasteiger partial charge in [-0.3, -0.25) is 4.79 Å². The molecule has 0 radical (unpaired) electrons. The van der Waals surface area contributed by atoms with E-state index in [1.54, 1.807) is 7.11 Å². The molecule has 0 spiro atoms. The van der Waals surface area contributed by atoms with E-state index in [0.717, 1.165) is 20.9 Å². The van der Waals surface area contributed by atoms with E-state index in [0.29, 0.717) is 22.8 Å². The average Bonchev–Trinajstić information content (AvgIpc) is 3.04. The van der Waals surface area contributed by atoms with Crippen molar-refractivity contribution in [3.63, 3.8) is 0 Å². The maximum absolute atomic E-state index is 12.6. The molecule has 0 atom stereocenters. The maximum Gasteiger partial charge on any atom is 0.291 e. The lowest BCUT2D eigenvalue weighted by molar-refractivity contribution is 0.100. The number of aryl methyl sites for hydroxylation is 3. The fourth-order valence-corrected chi connectivity index (χ4v) is 4.49. The monoisotopic (exact) mass is 361 g/mol. The number of carbonyl (C=O) groups excluding carboxylic acids is 1. The van der Waals surface area contributed by atoms with Gasteiger partial charge in [0.25, 0.3) is 5.91 Å². The molecule has 1 amide bonds. The van der Waals surface area contributed by atoms with Crippen molar-refractivity contribution in [1.82, 2.24) is 9.55 Å². The topological polar surface area (TPSA) is 56.5 Å². The van der Waals surface area contributed by atoms with Crippen LogP contribution in [0.2, 0.25) is 0 Å². The number of amides is 1. The van der Waals surface area contributed by atoms with Crippen LogP contribution in [0.5, 0.6) is 0 Å². The van der Waals surface area contributed by atoms with Crippen LogP contribution in [-0.2, 0) is 11.3 Å². The highest BCUT2D eigenvalue weighted by Crippen LogP contribution is 2.20. The minimum atomic E-state index is -0.229. The molecule has 2 heterocycles. The summed E-state index contributed by atoms with van der Waals surface area (Å²) in [7, 11) is 1.67. The summed E-state index contributed by atoms with van der Waals surface area (Å²) in [5.74, 6) is -0.229. The van der Waals surface area contributed by atoms with E-state index >= 15 is 0 Å². The average molecular weight is 361 g/mol. The van der Waals surface area contributed by atoms with Gasteiger partial charge in [0, 0.05) is 13.7 Å². The molecule has 0 unspecified atom stereocenters. The van der Waals surface area contributed by atoms with Gasteiger partial charge in [-0.15, -0.1) is 11.3 Å². The van der Waals surface area contributed by atoms with Crippen LogP contribution in [0.3, 0.4) is 0 Å². The fourth-order valence-electron chi connectivity index (χ4n) is 2.53. The molecule has 5 nitrogen and oxygen atoms in total. The Hall–Kier alpha value is -1.83. The minimum absolute atomic E-state index is 0.229. The number of ether oxygens (including phenoxy) is 1. The second-order valence-electron chi connectivity index (χ2n) is 5.56. The van der Waals surface area contributed by atoms with Crippen LogP contribution in [-0.4, -0.2) is 29.2 Å². The summed E-state index contributed by atoms with van der Waals surface area (Å²) < 4.78 is 8.37. The Labute approximate surface area is 148 Å². The predicted molar refractivity (Wildman–Crippen MR) is 97.9 cm³/mol. The van der Waals surface area contributed by atoms with Crippen LogP contribution in [0.1, 0.15) is 25.9 Å². The van der Waals surface area contributed by atoms with E-state index < -0.39 is 0 Å². The number of benzene rings is 1. The zero-order valence-corrected chi connectivity index (χ0v) is 15.8. The highest BCUT2D eigenvalue weighted by molar-refractivity contribution is 7.16. The van der Waals surface area contributed by atoms with E-state index in [-0.39, 0.29) is 5.91 Å². The van der Waals surface area contributed by atoms with Gasteiger partial charge in [-0.1, -0.05) is 17.4 Å². The zero-order chi connectivity index (χ0) is 17.3. The molecule has 0 aliphatic rings. The van der Waals surface area contributed by atoms with Gasteiger partial charge in [0.2, 0.25) is 0 Å². The van der Waals surface area contributed by atoms with E-state index in [4.69, 9.17) is 4.74 Å². The molecule has 0 aliphatic heterocycles. The third-order valence-corrected chi connectivity index (χ3v) is 5.75. The standard InChI is InChI=1S/C17H19N3O2S2/c1-10-5-6-13-14(9-10)24-17(20(13)7-8-22-4)19-16(21)15-11(2)18-12(3)23-15/h5-6,9H,7-8H2,1-4H3. The Balaban J connectivity index is 2.13. The van der Waals surface area contributed by atoms with Crippen molar-refractivity contribution >= 4 is 38.8 Å². The van der Waals surface area contributed by atoms with Crippen molar-refractivity contribution in [1.29, 1.82) is 0 Å². The van der Waals surface area contributed by atoms with Crippen LogP contribution in [0.15, 0.2) is 23.2 Å². The van der Waals surface area contributed by atoms with Crippen LogP contribution in [0.4, 0.5) is 0 Å². The molecule has 2 aromatic heterocycles. The number of hydrogen-bond acceptors (Lipinski definition) is 5. The number of nitrogens with zero attached hydrogens (tertiary/aromatic N) is 3. The van der Waals surface area contributed by atoms with Crippen LogP contribution >= 0.6 is 22.7 Å². The molecule has 0 saturated heterocycles. The molecule has 24 heavy (non-hydrogen) atoms. The molecule has 0 N–H and O–H groups in total. The van der Waals surface area contributed by atoms with Gasteiger partial charge in [0.1, 0.15) is 4.88 Å². The summed E-state index contributed by atoms with van der Waals surface area (Å²) in [5, 5.41) is 0.880. The highest BCUT2D eigenvalue weighted by atomic mass is 32.1. The quantitative estimate of drug-likeness (QED) is 0.715. The predicted octanol–water partition coefficient (Wildman–Crippen LogP) is 3.47. The number of methoxy groups -OCH3 is 1. The number of fused-ring (bicyclic) bond motifs is 1. The highest BCUT2D eigenvalue weighted by Gasteiger charge is 2.14. The summed E-state index contributed by atoms with van der Waals surface area (Å²) in [6.07, 6.45) is 0. The van der Waals surface area contributed by atoms with Gasteiger partial charge < -0.3 is 9.30 Å². The smallest absolute Gasteiger partial charge is 0.291 e. The Morgan fingerprint density at radius 3 is 2.75 bits per heavy atom. The van der Waals surface area contributed by atoms with Gasteiger partial charge in [0.05, 0.1) is 27.5 Å². The molecule has 3 rings (SSSR count). The van der Waals surface area contributed by atoms with Crippen molar-refractivity contribution < 1.29 is 9.53 Å². The Kier molecular flexibility index (Phi) is 4.93. The molecular formula is C17H19N3O2S2. The molecular weight excluding hydrogens is 342 g/mol. The number of rotatable bonds is 4. The van der Waals surface area contributed by atoms with Gasteiger partial charge in [-0.2, -0.15) is 4.99 Å². The number of hydrogen-bond donors (Lipinski definition) is 0. The van der Waals surface area contributed by atoms with Gasteiger partial charge in [0.15, 0.2) is 4.80 Å². The van der Waals surface area contributed by atoms with Crippen molar-refractivity contribution in [2.75, 3.05) is 13.7 Å². The largest absolute Gasteiger partial charge is 0.383 e. The molecule has 126 valence electrons. The maximum atomic E-state index is 12.6. The number of aromatic nitrogens is 2. The first-order valence-electron chi connectivity index (χ1n) is 7.61. The first-order valence-corrected chi connectivity index (χ1v) is 9.25. The third-order valence-electron chi connectivity index (χ3n) is 3.65. The van der Waals surface area contributed by atoms with Crippen molar-refractivity contribution in [2.45, 2.75) is 27.3 Å². The zero-order valence-electron chi connectivity index (χ0n) is 14.1. The fraction of sp³-hybridized carbons (Fsp3) is 0.353. The SMILES string of the molecule is COCCn1c(=NC(=O)c2sc(C)nc2C)sc2cc(C)ccc21. The van der Waals surface area contributed by atoms with Crippen molar-refractivity contribution in [3.8, 4) is 0 Å². The summed E-state index contributed by atoms with van der Waals surface area (Å²) in [6.45, 7) is 7.03. The van der Waals surface area contributed by atoms with Gasteiger partial charge in [-0.25, -0.2) is 4.98 Å². The molecule has 7 heteroatoms. The molecule has 3 aromatic rings. The van der Waals surface area contributed by atoms with Crippen molar-refractivity contribution in [3.05, 3.63) is 44.1 Å². The molecule has 1 aromatic carbocycles. The van der Waals surface area contributed by atoms with E-state index in [9.17, 15) is 4.79 Å². The second-order valence-corrected chi connectivity index (χ2v) is 7.78. The Morgan fingerprint density at radius 1 is 1.29 bits per heavy atom. The third kappa shape index (κ3) is 3.33. The van der Waals surface area contributed by atoms with E-state index in [2.05, 4.69) is 35.1 Å². The molecule has 0 aliphatic carbocycles. The second kappa shape index (κ2) is 6.96. The first kappa shape index (κ1) is 17.0. The number of carbonyl (C=O) groups is 1. The molecule has 0 bridgehead atoms. The van der Waals surface area contributed by atoms with Crippen LogP contribution in [0.25, 0.3) is 10.2 Å². The summed E-state index contributed by atoms with van der Waals surface area (Å²) >= 11 is 2.92. The van der Waals surface area contributed by atoms with Crippen molar-refractivity contribution in [2.24, 2.45) is 4.99 Å². The lowest BCUT2D eigenvalue weighted by Crippen LogP contribution is -2.19. The Bertz CT molecular complexity index is 966.